The van der Waals surface area contributed by atoms with E-state index in [1.165, 1.54) is 32.1 Å². The van der Waals surface area contributed by atoms with E-state index < -0.39 is 0 Å². The maximum absolute atomic E-state index is 5.67. The highest BCUT2D eigenvalue weighted by Crippen LogP contribution is 2.27. The lowest BCUT2D eigenvalue weighted by atomic mass is 10.0. The maximum atomic E-state index is 5.67. The molecule has 3 N–H and O–H groups in total. The predicted molar refractivity (Wildman–Crippen MR) is 68.5 cm³/mol. The van der Waals surface area contributed by atoms with E-state index in [-0.39, 0.29) is 0 Å². The van der Waals surface area contributed by atoms with Crippen molar-refractivity contribution in [3.05, 3.63) is 17.8 Å². The second-order valence-corrected chi connectivity index (χ2v) is 4.80. The summed E-state index contributed by atoms with van der Waals surface area (Å²) in [6, 6.07) is 1.96. The molecule has 1 aliphatic carbocycles. The summed E-state index contributed by atoms with van der Waals surface area (Å²) in [7, 11) is 0. The minimum Gasteiger partial charge on any atom is -0.397 e. The average molecular weight is 219 g/mol. The normalized spacial score (nSPS) is 16.6. The molecule has 1 aromatic rings. The van der Waals surface area contributed by atoms with Crippen molar-refractivity contribution < 1.29 is 0 Å². The zero-order valence-electron chi connectivity index (χ0n) is 10.00. The Morgan fingerprint density at radius 3 is 2.88 bits per heavy atom. The average Bonchev–Trinajstić information content (AvgIpc) is 2.74. The summed E-state index contributed by atoms with van der Waals surface area (Å²) in [4.78, 5) is 4.31. The van der Waals surface area contributed by atoms with Gasteiger partial charge < -0.3 is 11.1 Å². The minimum absolute atomic E-state index is 0.735. The largest absolute Gasteiger partial charge is 0.397 e. The number of anilines is 2. The van der Waals surface area contributed by atoms with Gasteiger partial charge in [0.1, 0.15) is 5.82 Å². The Hall–Kier alpha value is -1.25. The molecule has 1 heterocycles. The Labute approximate surface area is 97.5 Å². The van der Waals surface area contributed by atoms with Crippen molar-refractivity contribution in [2.45, 2.75) is 39.0 Å². The molecule has 0 spiro atoms. The monoisotopic (exact) mass is 219 g/mol. The van der Waals surface area contributed by atoms with Crippen LogP contribution in [0.4, 0.5) is 11.5 Å². The first-order valence-electron chi connectivity index (χ1n) is 6.21. The quantitative estimate of drug-likeness (QED) is 0.818. The molecule has 0 aromatic carbocycles. The molecule has 0 amide bonds. The van der Waals surface area contributed by atoms with E-state index in [1.54, 1.807) is 6.20 Å². The Kier molecular flexibility index (Phi) is 3.65. The van der Waals surface area contributed by atoms with Crippen LogP contribution in [0.5, 0.6) is 0 Å². The van der Waals surface area contributed by atoms with Crippen LogP contribution in [0.25, 0.3) is 0 Å². The van der Waals surface area contributed by atoms with Gasteiger partial charge in [0.25, 0.3) is 0 Å². The molecule has 88 valence electrons. The number of nitrogens with zero attached hydrogens (tertiary/aromatic N) is 1. The maximum Gasteiger partial charge on any atom is 0.128 e. The third-order valence-corrected chi connectivity index (χ3v) is 3.42. The molecule has 3 heteroatoms. The van der Waals surface area contributed by atoms with Crippen LogP contribution >= 0.6 is 0 Å². The van der Waals surface area contributed by atoms with E-state index in [0.29, 0.717) is 0 Å². The van der Waals surface area contributed by atoms with E-state index in [2.05, 4.69) is 10.3 Å². The summed E-state index contributed by atoms with van der Waals surface area (Å²) >= 11 is 0. The van der Waals surface area contributed by atoms with Gasteiger partial charge in [0.05, 0.1) is 11.9 Å². The standard InChI is InChI=1S/C13H21N3/c1-10-8-12(14)9-16-13(10)15-7-6-11-4-2-3-5-11/h8-9,11H,2-7,14H2,1H3,(H,15,16). The molecule has 1 aromatic heterocycles. The number of pyridine rings is 1. The van der Waals surface area contributed by atoms with Crippen molar-refractivity contribution in [1.29, 1.82) is 0 Å². The van der Waals surface area contributed by atoms with Crippen molar-refractivity contribution in [3.63, 3.8) is 0 Å². The zero-order valence-corrected chi connectivity index (χ0v) is 10.00. The van der Waals surface area contributed by atoms with Crippen molar-refractivity contribution >= 4 is 11.5 Å². The van der Waals surface area contributed by atoms with Gasteiger partial charge in [-0.1, -0.05) is 25.7 Å². The van der Waals surface area contributed by atoms with E-state index in [4.69, 9.17) is 5.73 Å². The lowest BCUT2D eigenvalue weighted by Gasteiger charge is -2.12. The third-order valence-electron chi connectivity index (χ3n) is 3.42. The Bertz CT molecular complexity index is 343. The summed E-state index contributed by atoms with van der Waals surface area (Å²) < 4.78 is 0. The highest BCUT2D eigenvalue weighted by Gasteiger charge is 2.14. The first kappa shape index (κ1) is 11.2. The van der Waals surface area contributed by atoms with Crippen molar-refractivity contribution in [2.75, 3.05) is 17.6 Å². The number of aryl methyl sites for hydroxylation is 1. The van der Waals surface area contributed by atoms with Gasteiger partial charge in [-0.25, -0.2) is 4.98 Å². The number of rotatable bonds is 4. The van der Waals surface area contributed by atoms with Crippen LogP contribution < -0.4 is 11.1 Å². The molecule has 1 aliphatic rings. The molecule has 0 atom stereocenters. The van der Waals surface area contributed by atoms with Crippen LogP contribution in [-0.4, -0.2) is 11.5 Å². The topological polar surface area (TPSA) is 50.9 Å². The molecule has 0 unspecified atom stereocenters. The van der Waals surface area contributed by atoms with E-state index in [0.717, 1.165) is 29.5 Å². The number of hydrogen-bond acceptors (Lipinski definition) is 3. The predicted octanol–water partition coefficient (Wildman–Crippen LogP) is 2.96. The number of nitrogens with one attached hydrogen (secondary N) is 1. The zero-order chi connectivity index (χ0) is 11.4. The second-order valence-electron chi connectivity index (χ2n) is 4.80. The number of hydrogen-bond donors (Lipinski definition) is 2. The fraction of sp³-hybridized carbons (Fsp3) is 0.615. The molecule has 0 aliphatic heterocycles. The van der Waals surface area contributed by atoms with Gasteiger partial charge in [-0.2, -0.15) is 0 Å². The van der Waals surface area contributed by atoms with Crippen LogP contribution in [0.2, 0.25) is 0 Å². The van der Waals surface area contributed by atoms with Gasteiger partial charge in [0.15, 0.2) is 0 Å². The molecule has 16 heavy (non-hydrogen) atoms. The molecule has 3 nitrogen and oxygen atoms in total. The third kappa shape index (κ3) is 2.87. The van der Waals surface area contributed by atoms with Gasteiger partial charge >= 0.3 is 0 Å². The molecular formula is C13H21N3. The van der Waals surface area contributed by atoms with Gasteiger partial charge in [-0.15, -0.1) is 0 Å². The number of nitrogen functional groups attached to an aromatic ring is 1. The SMILES string of the molecule is Cc1cc(N)cnc1NCCC1CCCC1. The molecule has 1 fully saturated rings. The molecule has 0 saturated heterocycles. The highest BCUT2D eigenvalue weighted by atomic mass is 15.0. The van der Waals surface area contributed by atoms with E-state index >= 15 is 0 Å². The Morgan fingerprint density at radius 2 is 2.19 bits per heavy atom. The minimum atomic E-state index is 0.735. The Balaban J connectivity index is 1.80. The molecular weight excluding hydrogens is 198 g/mol. The Morgan fingerprint density at radius 1 is 1.44 bits per heavy atom. The summed E-state index contributed by atoms with van der Waals surface area (Å²) in [5.41, 5.74) is 7.53. The molecule has 2 rings (SSSR count). The number of aromatic nitrogens is 1. The van der Waals surface area contributed by atoms with Crippen molar-refractivity contribution in [1.82, 2.24) is 4.98 Å². The first-order chi connectivity index (χ1) is 7.75. The van der Waals surface area contributed by atoms with E-state index in [1.807, 2.05) is 13.0 Å². The number of nitrogens with two attached hydrogens (primary N) is 1. The van der Waals surface area contributed by atoms with Crippen LogP contribution in [0.1, 0.15) is 37.7 Å². The van der Waals surface area contributed by atoms with Crippen LogP contribution in [0.3, 0.4) is 0 Å². The van der Waals surface area contributed by atoms with Crippen LogP contribution in [-0.2, 0) is 0 Å². The summed E-state index contributed by atoms with van der Waals surface area (Å²) in [6.07, 6.45) is 8.65. The fourth-order valence-corrected chi connectivity index (χ4v) is 2.48. The summed E-state index contributed by atoms with van der Waals surface area (Å²) in [5, 5.41) is 3.40. The second kappa shape index (κ2) is 5.19. The van der Waals surface area contributed by atoms with Gasteiger partial charge in [-0.3, -0.25) is 0 Å². The molecule has 0 radical (unpaired) electrons. The summed E-state index contributed by atoms with van der Waals surface area (Å²) in [6.45, 7) is 3.07. The van der Waals surface area contributed by atoms with Crippen LogP contribution in [0.15, 0.2) is 12.3 Å². The highest BCUT2D eigenvalue weighted by molar-refractivity contribution is 5.50. The van der Waals surface area contributed by atoms with Gasteiger partial charge in [-0.05, 0) is 30.9 Å². The van der Waals surface area contributed by atoms with Crippen molar-refractivity contribution in [3.8, 4) is 0 Å². The lowest BCUT2D eigenvalue weighted by molar-refractivity contribution is 0.518. The smallest absolute Gasteiger partial charge is 0.128 e. The van der Waals surface area contributed by atoms with Crippen LogP contribution in [0, 0.1) is 12.8 Å². The fourth-order valence-electron chi connectivity index (χ4n) is 2.48. The molecule has 1 saturated carbocycles. The van der Waals surface area contributed by atoms with Gasteiger partial charge in [0, 0.05) is 6.54 Å². The molecule has 0 bridgehead atoms. The summed E-state index contributed by atoms with van der Waals surface area (Å²) in [5.74, 6) is 1.91. The van der Waals surface area contributed by atoms with Crippen molar-refractivity contribution in [2.24, 2.45) is 5.92 Å². The van der Waals surface area contributed by atoms with Gasteiger partial charge in [0.2, 0.25) is 0 Å². The van der Waals surface area contributed by atoms with E-state index in [9.17, 15) is 0 Å². The first-order valence-corrected chi connectivity index (χ1v) is 6.21. The lowest BCUT2D eigenvalue weighted by Crippen LogP contribution is -2.09.